The topological polar surface area (TPSA) is 111 Å². The van der Waals surface area contributed by atoms with Crippen molar-refractivity contribution >= 4 is 61.4 Å². The van der Waals surface area contributed by atoms with Gasteiger partial charge in [0.25, 0.3) is 10.0 Å². The van der Waals surface area contributed by atoms with Crippen molar-refractivity contribution in [3.63, 3.8) is 0 Å². The molecule has 0 aliphatic heterocycles. The van der Waals surface area contributed by atoms with E-state index in [1.165, 1.54) is 55.9 Å². The highest BCUT2D eigenvalue weighted by Crippen LogP contribution is 2.32. The largest absolute Gasteiger partial charge is 0.493 e. The summed E-state index contributed by atoms with van der Waals surface area (Å²) in [6.07, 6.45) is 0.982. The van der Waals surface area contributed by atoms with Crippen LogP contribution in [-0.4, -0.2) is 51.0 Å². The normalized spacial score (nSPS) is 11.2. The molecule has 0 aliphatic carbocycles. The molecule has 9 nitrogen and oxygen atoms in total. The van der Waals surface area contributed by atoms with E-state index in [0.29, 0.717) is 15.9 Å². The van der Waals surface area contributed by atoms with Crippen LogP contribution in [-0.2, 0) is 14.8 Å². The molecule has 0 radical (unpaired) electrons. The number of carbonyl (C=O) groups is 1. The van der Waals surface area contributed by atoms with Crippen molar-refractivity contribution in [2.24, 2.45) is 0 Å². The number of hydrogen-bond acceptors (Lipinski definition) is 9. The van der Waals surface area contributed by atoms with Gasteiger partial charge in [-0.3, -0.25) is 14.4 Å². The molecule has 0 atom stereocenters. The SMILES string of the molecule is CCCSc1nnc(NC(=O)CN(c2ccc(Cl)cc2)S(=O)(=O)c2ccc(OC)c(OC)c2)s1. The van der Waals surface area contributed by atoms with Gasteiger partial charge in [0.1, 0.15) is 6.54 Å². The zero-order valence-corrected chi connectivity index (χ0v) is 21.9. The average molecular weight is 543 g/mol. The van der Waals surface area contributed by atoms with Crippen molar-refractivity contribution in [3.05, 3.63) is 47.5 Å². The average Bonchev–Trinajstić information content (AvgIpc) is 3.28. The Kier molecular flexibility index (Phi) is 9.00. The Morgan fingerprint density at radius 1 is 1.12 bits per heavy atom. The summed E-state index contributed by atoms with van der Waals surface area (Å²) in [6.45, 7) is 1.57. The number of carbonyl (C=O) groups excluding carboxylic acids is 1. The maximum atomic E-state index is 13.6. The quantitative estimate of drug-likeness (QED) is 0.277. The predicted molar refractivity (Wildman–Crippen MR) is 135 cm³/mol. The summed E-state index contributed by atoms with van der Waals surface area (Å²) in [4.78, 5) is 12.8. The molecule has 0 bridgehead atoms. The third-order valence-electron chi connectivity index (χ3n) is 4.43. The molecule has 182 valence electrons. The fourth-order valence-corrected chi connectivity index (χ4v) is 6.08. The van der Waals surface area contributed by atoms with Gasteiger partial charge < -0.3 is 9.47 Å². The molecule has 34 heavy (non-hydrogen) atoms. The Labute approximate surface area is 211 Å². The molecule has 0 saturated carbocycles. The summed E-state index contributed by atoms with van der Waals surface area (Å²) in [5, 5.41) is 11.4. The Bertz CT molecular complexity index is 1240. The van der Waals surface area contributed by atoms with Gasteiger partial charge in [-0.15, -0.1) is 10.2 Å². The van der Waals surface area contributed by atoms with Crippen LogP contribution in [0.1, 0.15) is 13.3 Å². The summed E-state index contributed by atoms with van der Waals surface area (Å²) in [7, 11) is -1.30. The van der Waals surface area contributed by atoms with Gasteiger partial charge in [-0.1, -0.05) is 41.6 Å². The van der Waals surface area contributed by atoms with Crippen LogP contribution in [0.5, 0.6) is 11.5 Å². The third kappa shape index (κ3) is 6.32. The van der Waals surface area contributed by atoms with E-state index < -0.39 is 22.5 Å². The minimum Gasteiger partial charge on any atom is -0.493 e. The second kappa shape index (κ2) is 11.7. The van der Waals surface area contributed by atoms with Gasteiger partial charge in [0.05, 0.1) is 24.8 Å². The first-order valence-corrected chi connectivity index (χ1v) is 13.7. The number of aromatic nitrogens is 2. The highest BCUT2D eigenvalue weighted by molar-refractivity contribution is 8.01. The molecule has 13 heteroatoms. The van der Waals surface area contributed by atoms with Crippen molar-refractivity contribution in [1.82, 2.24) is 10.2 Å². The smallest absolute Gasteiger partial charge is 0.264 e. The first-order valence-electron chi connectivity index (χ1n) is 10.0. The van der Waals surface area contributed by atoms with Gasteiger partial charge >= 0.3 is 0 Å². The number of methoxy groups -OCH3 is 2. The van der Waals surface area contributed by atoms with E-state index in [4.69, 9.17) is 21.1 Å². The number of hydrogen-bond donors (Lipinski definition) is 1. The number of ether oxygens (including phenoxy) is 2. The summed E-state index contributed by atoms with van der Waals surface area (Å²) in [5.74, 6) is 0.943. The number of halogens is 1. The number of nitrogens with zero attached hydrogens (tertiary/aromatic N) is 3. The molecule has 2 aromatic carbocycles. The van der Waals surface area contributed by atoms with Crippen LogP contribution in [0.15, 0.2) is 51.7 Å². The molecule has 3 aromatic rings. The number of thioether (sulfide) groups is 1. The minimum absolute atomic E-state index is 0.0675. The summed E-state index contributed by atoms with van der Waals surface area (Å²) < 4.78 is 39.3. The molecule has 0 unspecified atom stereocenters. The number of benzene rings is 2. The maximum absolute atomic E-state index is 13.6. The first-order chi connectivity index (χ1) is 16.3. The fourth-order valence-electron chi connectivity index (χ4n) is 2.82. The van der Waals surface area contributed by atoms with Crippen LogP contribution in [0.4, 0.5) is 10.8 Å². The number of nitrogens with one attached hydrogen (secondary N) is 1. The molecule has 1 N–H and O–H groups in total. The summed E-state index contributed by atoms with van der Waals surface area (Å²) >= 11 is 8.75. The van der Waals surface area contributed by atoms with Crippen LogP contribution in [0, 0.1) is 0 Å². The standard InChI is InChI=1S/C21H23ClN4O5S3/c1-4-11-32-21-25-24-20(33-21)23-19(27)13-26(15-7-5-14(22)6-8-15)34(28,29)16-9-10-17(30-2)18(12-16)31-3/h5-10,12H,4,11,13H2,1-3H3,(H,23,24,27). The van der Waals surface area contributed by atoms with E-state index in [0.717, 1.165) is 20.8 Å². The lowest BCUT2D eigenvalue weighted by Gasteiger charge is -2.24. The highest BCUT2D eigenvalue weighted by atomic mass is 35.5. The summed E-state index contributed by atoms with van der Waals surface area (Å²) in [6, 6.07) is 10.4. The van der Waals surface area contributed by atoms with Gasteiger partial charge in [-0.2, -0.15) is 0 Å². The molecule has 3 rings (SSSR count). The molecular formula is C21H23ClN4O5S3. The lowest BCUT2D eigenvalue weighted by atomic mass is 10.3. The van der Waals surface area contributed by atoms with Crippen LogP contribution >= 0.6 is 34.7 Å². The monoisotopic (exact) mass is 542 g/mol. The van der Waals surface area contributed by atoms with Gasteiger partial charge in [-0.05, 0) is 42.8 Å². The highest BCUT2D eigenvalue weighted by Gasteiger charge is 2.28. The van der Waals surface area contributed by atoms with E-state index >= 15 is 0 Å². The van der Waals surface area contributed by atoms with Crippen molar-refractivity contribution < 1.29 is 22.7 Å². The van der Waals surface area contributed by atoms with E-state index in [9.17, 15) is 13.2 Å². The Balaban J connectivity index is 1.90. The van der Waals surface area contributed by atoms with Gasteiger partial charge in [0, 0.05) is 16.8 Å². The Hall–Kier alpha value is -2.54. The Morgan fingerprint density at radius 3 is 2.47 bits per heavy atom. The van der Waals surface area contributed by atoms with E-state index in [2.05, 4.69) is 22.4 Å². The van der Waals surface area contributed by atoms with Crippen molar-refractivity contribution in [1.29, 1.82) is 0 Å². The summed E-state index contributed by atoms with van der Waals surface area (Å²) in [5.41, 5.74) is 0.269. The molecular weight excluding hydrogens is 520 g/mol. The van der Waals surface area contributed by atoms with Crippen molar-refractivity contribution in [2.75, 3.05) is 36.1 Å². The molecule has 1 amide bonds. The first kappa shape index (κ1) is 26.1. The number of anilines is 2. The zero-order chi connectivity index (χ0) is 24.7. The van der Waals surface area contributed by atoms with E-state index in [1.807, 2.05) is 0 Å². The van der Waals surface area contributed by atoms with Crippen molar-refractivity contribution in [2.45, 2.75) is 22.6 Å². The van der Waals surface area contributed by atoms with Gasteiger partial charge in [-0.25, -0.2) is 8.42 Å². The number of amides is 1. The van der Waals surface area contributed by atoms with Crippen molar-refractivity contribution in [3.8, 4) is 11.5 Å². The fraction of sp³-hybridized carbons (Fsp3) is 0.286. The molecule has 1 aromatic heterocycles. The van der Waals surface area contributed by atoms with Crippen LogP contribution < -0.4 is 19.1 Å². The maximum Gasteiger partial charge on any atom is 0.264 e. The predicted octanol–water partition coefficient (Wildman–Crippen LogP) is 4.54. The minimum atomic E-state index is -4.16. The third-order valence-corrected chi connectivity index (χ3v) is 8.63. The molecule has 0 saturated heterocycles. The second-order valence-corrected chi connectivity index (χ2v) is 11.4. The number of rotatable bonds is 11. The van der Waals surface area contributed by atoms with E-state index in [-0.39, 0.29) is 16.3 Å². The molecule has 0 aliphatic rings. The van der Waals surface area contributed by atoms with Crippen LogP contribution in [0.3, 0.4) is 0 Å². The van der Waals surface area contributed by atoms with Gasteiger partial charge in [0.15, 0.2) is 15.8 Å². The second-order valence-electron chi connectivity index (χ2n) is 6.77. The molecule has 0 fully saturated rings. The lowest BCUT2D eigenvalue weighted by molar-refractivity contribution is -0.114. The van der Waals surface area contributed by atoms with Gasteiger partial charge in [0.2, 0.25) is 11.0 Å². The number of sulfonamides is 1. The van der Waals surface area contributed by atoms with E-state index in [1.54, 1.807) is 23.9 Å². The lowest BCUT2D eigenvalue weighted by Crippen LogP contribution is -2.38. The zero-order valence-electron chi connectivity index (χ0n) is 18.6. The molecule has 1 heterocycles. The van der Waals surface area contributed by atoms with Crippen LogP contribution in [0.25, 0.3) is 0 Å². The Morgan fingerprint density at radius 2 is 1.82 bits per heavy atom. The molecule has 0 spiro atoms. The van der Waals surface area contributed by atoms with Crippen LogP contribution in [0.2, 0.25) is 5.02 Å².